The van der Waals surface area contributed by atoms with E-state index < -0.39 is 12.7 Å². The molecule has 0 aromatic rings. The van der Waals surface area contributed by atoms with Gasteiger partial charge in [0.1, 0.15) is 0 Å². The van der Waals surface area contributed by atoms with Crippen LogP contribution in [0.4, 0.5) is 18.0 Å². The Labute approximate surface area is 136 Å². The molecule has 0 radical (unpaired) electrons. The molecule has 2 fully saturated rings. The van der Waals surface area contributed by atoms with Gasteiger partial charge in [0.25, 0.3) is 0 Å². The lowest BCUT2D eigenvalue weighted by Gasteiger charge is -2.34. The fourth-order valence-electron chi connectivity index (χ4n) is 3.57. The molecule has 7 heteroatoms. The number of piperidine rings is 2. The van der Waals surface area contributed by atoms with E-state index in [2.05, 4.69) is 12.2 Å². The van der Waals surface area contributed by atoms with E-state index in [0.29, 0.717) is 31.6 Å². The van der Waals surface area contributed by atoms with Crippen molar-refractivity contribution in [3.63, 3.8) is 0 Å². The molecule has 1 N–H and O–H groups in total. The summed E-state index contributed by atoms with van der Waals surface area (Å²) in [7, 11) is 0. The average molecular weight is 335 g/mol. The third kappa shape index (κ3) is 6.20. The summed E-state index contributed by atoms with van der Waals surface area (Å²) in [6, 6.07) is 0.307. The van der Waals surface area contributed by atoms with Gasteiger partial charge in [0.2, 0.25) is 0 Å². The van der Waals surface area contributed by atoms with E-state index >= 15 is 0 Å². The van der Waals surface area contributed by atoms with E-state index in [1.807, 2.05) is 4.90 Å². The highest BCUT2D eigenvalue weighted by Gasteiger charge is 2.32. The van der Waals surface area contributed by atoms with Crippen LogP contribution in [0.3, 0.4) is 0 Å². The number of alkyl halides is 3. The molecule has 2 saturated heterocycles. The molecule has 2 aliphatic rings. The van der Waals surface area contributed by atoms with Crippen molar-refractivity contribution in [2.75, 3.05) is 32.7 Å². The van der Waals surface area contributed by atoms with Crippen LogP contribution in [0.5, 0.6) is 0 Å². The van der Waals surface area contributed by atoms with Crippen molar-refractivity contribution in [2.45, 2.75) is 57.7 Å². The zero-order valence-electron chi connectivity index (χ0n) is 13.9. The number of likely N-dealkylation sites (tertiary alicyclic amines) is 2. The third-order valence-corrected chi connectivity index (χ3v) is 5.00. The average Bonchev–Trinajstić information content (AvgIpc) is 2.48. The molecule has 134 valence electrons. The van der Waals surface area contributed by atoms with Crippen molar-refractivity contribution in [2.24, 2.45) is 5.92 Å². The minimum Gasteiger partial charge on any atom is -0.338 e. The second-order valence-corrected chi connectivity index (χ2v) is 6.89. The zero-order chi connectivity index (χ0) is 16.9. The van der Waals surface area contributed by atoms with Crippen LogP contribution in [0.25, 0.3) is 0 Å². The number of nitrogens with one attached hydrogen (secondary N) is 1. The maximum atomic E-state index is 12.3. The van der Waals surface area contributed by atoms with E-state index in [9.17, 15) is 18.0 Å². The molecular formula is C16H28F3N3O. The highest BCUT2D eigenvalue weighted by molar-refractivity contribution is 5.74. The van der Waals surface area contributed by atoms with Crippen molar-refractivity contribution in [3.05, 3.63) is 0 Å². The predicted molar refractivity (Wildman–Crippen MR) is 83.3 cm³/mol. The van der Waals surface area contributed by atoms with Crippen molar-refractivity contribution in [1.82, 2.24) is 15.1 Å². The monoisotopic (exact) mass is 335 g/mol. The molecule has 0 bridgehead atoms. The first-order valence-electron chi connectivity index (χ1n) is 8.69. The molecule has 0 saturated carbocycles. The molecule has 0 aromatic heterocycles. The minimum atomic E-state index is -4.11. The number of hydrogen-bond donors (Lipinski definition) is 1. The van der Waals surface area contributed by atoms with Gasteiger partial charge in [0, 0.05) is 19.1 Å². The van der Waals surface area contributed by atoms with Gasteiger partial charge in [-0.1, -0.05) is 0 Å². The largest absolute Gasteiger partial charge is 0.401 e. The molecular weight excluding hydrogens is 307 g/mol. The van der Waals surface area contributed by atoms with E-state index in [-0.39, 0.29) is 6.03 Å². The van der Waals surface area contributed by atoms with E-state index in [4.69, 9.17) is 0 Å². The first kappa shape index (κ1) is 18.4. The summed E-state index contributed by atoms with van der Waals surface area (Å²) in [5.41, 5.74) is 0. The molecule has 1 unspecified atom stereocenters. The van der Waals surface area contributed by atoms with E-state index in [0.717, 1.165) is 38.6 Å². The Morgan fingerprint density at radius 3 is 2.43 bits per heavy atom. The zero-order valence-corrected chi connectivity index (χ0v) is 13.9. The van der Waals surface area contributed by atoms with E-state index in [1.54, 1.807) is 0 Å². The van der Waals surface area contributed by atoms with Gasteiger partial charge in [-0.2, -0.15) is 13.2 Å². The van der Waals surface area contributed by atoms with Gasteiger partial charge >= 0.3 is 12.2 Å². The van der Waals surface area contributed by atoms with Gasteiger partial charge in [-0.15, -0.1) is 0 Å². The molecule has 23 heavy (non-hydrogen) atoms. The molecule has 2 rings (SSSR count). The standard InChI is InChI=1S/C16H28F3N3O/c1-13-4-2-3-9-22(13)15(23)20-8-5-14-6-10-21(11-7-14)12-16(17,18)19/h13-14H,2-12H2,1H3,(H,20,23). The Morgan fingerprint density at radius 2 is 1.83 bits per heavy atom. The van der Waals surface area contributed by atoms with Gasteiger partial charge in [0.15, 0.2) is 0 Å². The van der Waals surface area contributed by atoms with Gasteiger partial charge < -0.3 is 10.2 Å². The topological polar surface area (TPSA) is 35.6 Å². The molecule has 0 spiro atoms. The van der Waals surface area contributed by atoms with Crippen LogP contribution in [-0.2, 0) is 0 Å². The third-order valence-electron chi connectivity index (χ3n) is 5.00. The highest BCUT2D eigenvalue weighted by atomic mass is 19.4. The quantitative estimate of drug-likeness (QED) is 0.856. The molecule has 2 aliphatic heterocycles. The lowest BCUT2D eigenvalue weighted by atomic mass is 9.93. The summed E-state index contributed by atoms with van der Waals surface area (Å²) in [4.78, 5) is 15.5. The second kappa shape index (κ2) is 8.22. The van der Waals surface area contributed by atoms with Crippen LogP contribution in [0.2, 0.25) is 0 Å². The second-order valence-electron chi connectivity index (χ2n) is 6.89. The van der Waals surface area contributed by atoms with Crippen molar-refractivity contribution in [3.8, 4) is 0 Å². The highest BCUT2D eigenvalue weighted by Crippen LogP contribution is 2.24. The van der Waals surface area contributed by atoms with Crippen LogP contribution in [0.1, 0.15) is 45.4 Å². The maximum absolute atomic E-state index is 12.3. The molecule has 2 amide bonds. The number of rotatable bonds is 4. The minimum absolute atomic E-state index is 0.00621. The Kier molecular flexibility index (Phi) is 6.56. The molecule has 0 aliphatic carbocycles. The summed E-state index contributed by atoms with van der Waals surface area (Å²) in [5, 5.41) is 2.97. The smallest absolute Gasteiger partial charge is 0.338 e. The van der Waals surface area contributed by atoms with Gasteiger partial charge in [-0.3, -0.25) is 4.90 Å². The molecule has 2 heterocycles. The van der Waals surface area contributed by atoms with Crippen molar-refractivity contribution >= 4 is 6.03 Å². The van der Waals surface area contributed by atoms with Crippen LogP contribution >= 0.6 is 0 Å². The number of halogens is 3. The number of amides is 2. The maximum Gasteiger partial charge on any atom is 0.401 e. The first-order valence-corrected chi connectivity index (χ1v) is 8.69. The van der Waals surface area contributed by atoms with Crippen molar-refractivity contribution in [1.29, 1.82) is 0 Å². The van der Waals surface area contributed by atoms with Crippen LogP contribution in [0.15, 0.2) is 0 Å². The fourth-order valence-corrected chi connectivity index (χ4v) is 3.57. The summed E-state index contributed by atoms with van der Waals surface area (Å²) in [5.74, 6) is 0.415. The van der Waals surface area contributed by atoms with E-state index in [1.165, 1.54) is 11.3 Å². The number of carbonyl (C=O) groups excluding carboxylic acids is 1. The normalized spacial score (nSPS) is 24.7. The SMILES string of the molecule is CC1CCCCN1C(=O)NCCC1CCN(CC(F)(F)F)CC1. The predicted octanol–water partition coefficient (Wildman–Crippen LogP) is 3.23. The summed E-state index contributed by atoms with van der Waals surface area (Å²) < 4.78 is 37.0. The Morgan fingerprint density at radius 1 is 1.13 bits per heavy atom. The molecule has 1 atom stereocenters. The molecule has 0 aromatic carbocycles. The van der Waals surface area contributed by atoms with Gasteiger partial charge in [-0.05, 0) is 64.5 Å². The number of nitrogens with zero attached hydrogens (tertiary/aromatic N) is 2. The number of urea groups is 1. The Balaban J connectivity index is 1.61. The fraction of sp³-hybridized carbons (Fsp3) is 0.938. The lowest BCUT2D eigenvalue weighted by molar-refractivity contribution is -0.148. The Hall–Kier alpha value is -0.980. The van der Waals surface area contributed by atoms with Crippen LogP contribution in [0, 0.1) is 5.92 Å². The summed E-state index contributed by atoms with van der Waals surface area (Å²) in [6.07, 6.45) is 1.62. The van der Waals surface area contributed by atoms with Crippen molar-refractivity contribution < 1.29 is 18.0 Å². The number of carbonyl (C=O) groups is 1. The summed E-state index contributed by atoms with van der Waals surface area (Å²) in [6.45, 7) is 3.72. The summed E-state index contributed by atoms with van der Waals surface area (Å²) >= 11 is 0. The van der Waals surface area contributed by atoms with Gasteiger partial charge in [-0.25, -0.2) is 4.79 Å². The van der Waals surface area contributed by atoms with Crippen LogP contribution < -0.4 is 5.32 Å². The Bertz CT molecular complexity index is 381. The van der Waals surface area contributed by atoms with Gasteiger partial charge in [0.05, 0.1) is 6.54 Å². The van der Waals surface area contributed by atoms with Crippen LogP contribution in [-0.4, -0.2) is 60.8 Å². The number of hydrogen-bond acceptors (Lipinski definition) is 2. The lowest BCUT2D eigenvalue weighted by Crippen LogP contribution is -2.48. The molecule has 4 nitrogen and oxygen atoms in total. The first-order chi connectivity index (χ1) is 10.8.